The van der Waals surface area contributed by atoms with Gasteiger partial charge in [0, 0.05) is 27.6 Å². The van der Waals surface area contributed by atoms with Crippen LogP contribution in [0, 0.1) is 0 Å². The van der Waals surface area contributed by atoms with Crippen LogP contribution >= 0.6 is 0 Å². The summed E-state index contributed by atoms with van der Waals surface area (Å²) in [6.45, 7) is 0. The number of benzene rings is 1. The van der Waals surface area contributed by atoms with Crippen molar-refractivity contribution in [2.45, 2.75) is 4.90 Å². The minimum absolute atomic E-state index is 0.185. The van der Waals surface area contributed by atoms with Gasteiger partial charge in [0.05, 0.1) is 27.7 Å². The van der Waals surface area contributed by atoms with Crippen molar-refractivity contribution in [3.8, 4) is 11.1 Å². The van der Waals surface area contributed by atoms with Gasteiger partial charge in [0.15, 0.2) is 0 Å². The molecule has 34 heavy (non-hydrogen) atoms. The fourth-order valence-corrected chi connectivity index (χ4v) is 4.64. The molecule has 0 aliphatic carbocycles. The molecule has 0 unspecified atom stereocenters. The van der Waals surface area contributed by atoms with Crippen LogP contribution in [0.2, 0.25) is 0 Å². The van der Waals surface area contributed by atoms with Crippen molar-refractivity contribution in [1.82, 2.24) is 19.9 Å². The lowest BCUT2D eigenvalue weighted by atomic mass is 10.0. The van der Waals surface area contributed by atoms with Gasteiger partial charge in [-0.3, -0.25) is 4.55 Å². The number of H-pyrrole nitrogens is 2. The molecule has 0 radical (unpaired) electrons. The van der Waals surface area contributed by atoms with E-state index in [9.17, 15) is 13.0 Å². The lowest BCUT2D eigenvalue weighted by Crippen LogP contribution is -1.98. The van der Waals surface area contributed by atoms with Gasteiger partial charge in [-0.25, -0.2) is 9.97 Å². The fraction of sp³-hybridized carbons (Fsp3) is 0. The van der Waals surface area contributed by atoms with Crippen LogP contribution in [0.15, 0.2) is 71.6 Å². The van der Waals surface area contributed by atoms with Gasteiger partial charge in [-0.1, -0.05) is 12.1 Å². The Hall–Kier alpha value is -4.27. The summed E-state index contributed by atoms with van der Waals surface area (Å²) in [5, 5.41) is 0. The van der Waals surface area contributed by atoms with Crippen molar-refractivity contribution >= 4 is 56.5 Å². The third-order valence-corrected chi connectivity index (χ3v) is 6.49. The highest BCUT2D eigenvalue weighted by Crippen LogP contribution is 2.32. The lowest BCUT2D eigenvalue weighted by Gasteiger charge is -2.06. The van der Waals surface area contributed by atoms with Gasteiger partial charge in [0.2, 0.25) is 0 Å². The maximum Gasteiger partial charge on any atom is 0.294 e. The normalized spacial score (nSPS) is 12.9. The first-order chi connectivity index (χ1) is 16.4. The number of hydrogen-bond donors (Lipinski definition) is 3. The number of fused-ring (bicyclic) bond motifs is 8. The second kappa shape index (κ2) is 7.65. The van der Waals surface area contributed by atoms with E-state index in [0.717, 1.165) is 33.5 Å². The second-order valence-electron chi connectivity index (χ2n) is 8.06. The summed E-state index contributed by atoms with van der Waals surface area (Å²) >= 11 is 0. The van der Waals surface area contributed by atoms with Crippen LogP contribution < -0.4 is 0 Å². The summed E-state index contributed by atoms with van der Waals surface area (Å²) < 4.78 is 33.1. The molecule has 1 aromatic carbocycles. The van der Waals surface area contributed by atoms with Crippen LogP contribution in [0.1, 0.15) is 22.8 Å². The van der Waals surface area contributed by atoms with E-state index in [-0.39, 0.29) is 4.90 Å². The SMILES string of the molecule is O=S(=O)(O)c1cccc(-c2c3nc(cc4ccc(cc5ccc(cc6nc2C=C6)[nH]5)[nH]4)C=C3)c1. The van der Waals surface area contributed by atoms with Crippen LogP contribution in [-0.4, -0.2) is 32.9 Å². The van der Waals surface area contributed by atoms with E-state index < -0.39 is 10.1 Å². The molecule has 0 saturated heterocycles. The largest absolute Gasteiger partial charge is 0.355 e. The Morgan fingerprint density at radius 1 is 0.647 bits per heavy atom. The Morgan fingerprint density at radius 3 is 1.71 bits per heavy atom. The molecule has 2 aliphatic heterocycles. The predicted octanol–water partition coefficient (Wildman–Crippen LogP) is 5.57. The van der Waals surface area contributed by atoms with Crippen molar-refractivity contribution in [2.75, 3.05) is 0 Å². The Morgan fingerprint density at radius 2 is 1.18 bits per heavy atom. The Labute approximate surface area is 194 Å². The minimum atomic E-state index is -4.36. The Bertz CT molecular complexity index is 1700. The Balaban J connectivity index is 1.70. The summed E-state index contributed by atoms with van der Waals surface area (Å²) in [6, 6.07) is 20.0. The minimum Gasteiger partial charge on any atom is -0.355 e. The van der Waals surface area contributed by atoms with E-state index in [1.54, 1.807) is 12.1 Å². The summed E-state index contributed by atoms with van der Waals surface area (Å²) in [5.74, 6) is 0. The number of nitrogens with one attached hydrogen (secondary N) is 2. The quantitative estimate of drug-likeness (QED) is 0.289. The molecule has 3 aromatic heterocycles. The van der Waals surface area contributed by atoms with Gasteiger partial charge in [-0.15, -0.1) is 0 Å². The molecule has 4 aromatic rings. The van der Waals surface area contributed by atoms with E-state index >= 15 is 0 Å². The van der Waals surface area contributed by atoms with Crippen LogP contribution in [0.3, 0.4) is 0 Å². The molecule has 5 heterocycles. The van der Waals surface area contributed by atoms with Crippen LogP contribution in [0.5, 0.6) is 0 Å². The molecular formula is C26H18N4O3S. The zero-order chi connectivity index (χ0) is 23.3. The molecule has 0 fully saturated rings. The maximum absolute atomic E-state index is 11.8. The van der Waals surface area contributed by atoms with E-state index in [1.807, 2.05) is 66.8 Å². The monoisotopic (exact) mass is 466 g/mol. The Kier molecular flexibility index (Phi) is 4.58. The van der Waals surface area contributed by atoms with Crippen molar-refractivity contribution in [3.05, 3.63) is 89.5 Å². The van der Waals surface area contributed by atoms with Gasteiger partial charge in [0.25, 0.3) is 10.1 Å². The summed E-state index contributed by atoms with van der Waals surface area (Å²) in [6.07, 6.45) is 7.56. The lowest BCUT2D eigenvalue weighted by molar-refractivity contribution is 0.483. The fourth-order valence-electron chi connectivity index (χ4n) is 4.12. The second-order valence-corrected chi connectivity index (χ2v) is 9.48. The van der Waals surface area contributed by atoms with Crippen molar-refractivity contribution in [2.24, 2.45) is 0 Å². The number of aromatic nitrogens is 4. The molecule has 0 saturated carbocycles. The van der Waals surface area contributed by atoms with Gasteiger partial charge >= 0.3 is 0 Å². The topological polar surface area (TPSA) is 112 Å². The first-order valence-electron chi connectivity index (χ1n) is 10.6. The highest BCUT2D eigenvalue weighted by Gasteiger charge is 2.17. The summed E-state index contributed by atoms with van der Waals surface area (Å²) in [7, 11) is -4.36. The van der Waals surface area contributed by atoms with E-state index in [2.05, 4.69) is 9.97 Å². The van der Waals surface area contributed by atoms with E-state index in [0.29, 0.717) is 22.5 Å². The summed E-state index contributed by atoms with van der Waals surface area (Å²) in [5.41, 5.74) is 7.79. The molecule has 8 heteroatoms. The number of hydrogen-bond acceptors (Lipinski definition) is 4. The highest BCUT2D eigenvalue weighted by molar-refractivity contribution is 7.85. The average molecular weight is 467 g/mol. The van der Waals surface area contributed by atoms with E-state index in [4.69, 9.17) is 9.97 Å². The summed E-state index contributed by atoms with van der Waals surface area (Å²) in [4.78, 5) is 16.1. The molecule has 0 atom stereocenters. The standard InChI is InChI=1S/C26H18N4O3S/c31-34(32,33)23-3-1-2-16(12-23)26-24-10-8-21(29-24)14-19-6-4-17(27-19)13-18-5-7-20(28-18)15-22-9-11-25(26)30-22/h1-15,27-28H,(H,31,32,33). The van der Waals surface area contributed by atoms with Crippen LogP contribution in [0.4, 0.5) is 0 Å². The highest BCUT2D eigenvalue weighted by atomic mass is 32.2. The number of nitrogens with zero attached hydrogens (tertiary/aromatic N) is 2. The number of rotatable bonds is 2. The first-order valence-corrected chi connectivity index (χ1v) is 12.0. The van der Waals surface area contributed by atoms with Crippen molar-refractivity contribution < 1.29 is 13.0 Å². The molecule has 6 rings (SSSR count). The van der Waals surface area contributed by atoms with Gasteiger partial charge in [-0.05, 0) is 84.5 Å². The first kappa shape index (κ1) is 20.3. The van der Waals surface area contributed by atoms with Gasteiger partial charge in [0.1, 0.15) is 0 Å². The van der Waals surface area contributed by atoms with Gasteiger partial charge in [-0.2, -0.15) is 8.42 Å². The molecule has 166 valence electrons. The molecule has 0 spiro atoms. The molecule has 3 N–H and O–H groups in total. The van der Waals surface area contributed by atoms with Crippen molar-refractivity contribution in [1.29, 1.82) is 0 Å². The van der Waals surface area contributed by atoms with E-state index in [1.165, 1.54) is 12.1 Å². The molecular weight excluding hydrogens is 448 g/mol. The zero-order valence-corrected chi connectivity index (χ0v) is 18.5. The van der Waals surface area contributed by atoms with Crippen LogP contribution in [0.25, 0.3) is 57.5 Å². The third-order valence-electron chi connectivity index (χ3n) is 5.64. The molecule has 2 aliphatic rings. The average Bonchev–Trinajstić information content (AvgIpc) is 3.59. The zero-order valence-electron chi connectivity index (χ0n) is 17.7. The molecule has 0 amide bonds. The number of aromatic amines is 2. The van der Waals surface area contributed by atoms with Crippen LogP contribution in [-0.2, 0) is 10.1 Å². The molecule has 8 bridgehead atoms. The predicted molar refractivity (Wildman–Crippen MR) is 134 cm³/mol. The third kappa shape index (κ3) is 3.85. The van der Waals surface area contributed by atoms with Crippen molar-refractivity contribution in [3.63, 3.8) is 0 Å². The molecule has 7 nitrogen and oxygen atoms in total. The van der Waals surface area contributed by atoms with Gasteiger partial charge < -0.3 is 9.97 Å². The smallest absolute Gasteiger partial charge is 0.294 e. The maximum atomic E-state index is 11.8.